The van der Waals surface area contributed by atoms with Gasteiger partial charge in [-0.25, -0.2) is 0 Å². The molecule has 3 rings (SSSR count). The Morgan fingerprint density at radius 3 is 2.14 bits per heavy atom. The second-order valence-corrected chi connectivity index (χ2v) is 5.81. The molecule has 1 amide bonds. The number of carboxylic acid groups (broad SMARTS) is 2. The number of nitrogens with zero attached hydrogens (tertiary/aromatic N) is 1. The van der Waals surface area contributed by atoms with E-state index in [1.165, 1.54) is 12.0 Å². The van der Waals surface area contributed by atoms with Gasteiger partial charge in [0, 0.05) is 13.1 Å². The fourth-order valence-corrected chi connectivity index (χ4v) is 3.42. The Balaban J connectivity index is 1.91. The van der Waals surface area contributed by atoms with Gasteiger partial charge >= 0.3 is 11.9 Å². The average Bonchev–Trinajstić information content (AvgIpc) is 3.05. The van der Waals surface area contributed by atoms with E-state index in [9.17, 15) is 24.6 Å². The average molecular weight is 305 g/mol. The van der Waals surface area contributed by atoms with Gasteiger partial charge in [0.15, 0.2) is 0 Å². The molecule has 22 heavy (non-hydrogen) atoms. The molecule has 0 radical (unpaired) electrons. The molecule has 1 aliphatic heterocycles. The van der Waals surface area contributed by atoms with Crippen molar-refractivity contribution in [2.24, 2.45) is 10.8 Å². The van der Waals surface area contributed by atoms with Crippen LogP contribution in [0.25, 0.3) is 0 Å². The molecule has 1 saturated heterocycles. The summed E-state index contributed by atoms with van der Waals surface area (Å²) >= 11 is 0. The number of benzene rings is 1. The third-order valence-electron chi connectivity index (χ3n) is 4.76. The van der Waals surface area contributed by atoms with Crippen LogP contribution in [-0.4, -0.2) is 53.2 Å². The van der Waals surface area contributed by atoms with Crippen LogP contribution in [0.1, 0.15) is 16.8 Å². The van der Waals surface area contributed by atoms with Crippen molar-refractivity contribution >= 4 is 17.8 Å². The van der Waals surface area contributed by atoms with Crippen LogP contribution in [0.4, 0.5) is 0 Å². The van der Waals surface area contributed by atoms with Gasteiger partial charge in [-0.05, 0) is 18.6 Å². The lowest BCUT2D eigenvalue weighted by Gasteiger charge is -2.21. The predicted molar refractivity (Wildman–Crippen MR) is 73.7 cm³/mol. The van der Waals surface area contributed by atoms with E-state index in [1.807, 2.05) is 0 Å². The molecule has 0 bridgehead atoms. The first-order chi connectivity index (χ1) is 10.4. The standard InChI is InChI=1S/C15H15NO6/c1-22-10-5-3-2-4-9(10)11(17)16-7-14(12(18)19)6-15(14,8-16)13(20)21/h2-5H,6-8H2,1H3,(H,18,19)(H,20,21)/t14-,15+. The molecule has 1 saturated carbocycles. The fraction of sp³-hybridized carbons (Fsp3) is 0.400. The lowest BCUT2D eigenvalue weighted by Crippen LogP contribution is -2.34. The smallest absolute Gasteiger partial charge is 0.312 e. The van der Waals surface area contributed by atoms with E-state index in [0.29, 0.717) is 11.3 Å². The molecule has 0 unspecified atom stereocenters. The molecule has 1 aromatic carbocycles. The number of likely N-dealkylation sites (tertiary alicyclic amines) is 1. The van der Waals surface area contributed by atoms with Crippen molar-refractivity contribution in [3.8, 4) is 5.75 Å². The Hall–Kier alpha value is -2.57. The molecule has 116 valence electrons. The molecule has 1 heterocycles. The highest BCUT2D eigenvalue weighted by molar-refractivity contribution is 6.01. The number of ether oxygens (including phenoxy) is 1. The first kappa shape index (κ1) is 14.4. The second kappa shape index (κ2) is 4.46. The van der Waals surface area contributed by atoms with Gasteiger partial charge in [-0.3, -0.25) is 14.4 Å². The Bertz CT molecular complexity index is 658. The van der Waals surface area contributed by atoms with Crippen LogP contribution < -0.4 is 4.74 Å². The van der Waals surface area contributed by atoms with E-state index < -0.39 is 28.7 Å². The number of carbonyl (C=O) groups is 3. The molecule has 0 spiro atoms. The van der Waals surface area contributed by atoms with Gasteiger partial charge in [-0.1, -0.05) is 12.1 Å². The van der Waals surface area contributed by atoms with Gasteiger partial charge in [0.25, 0.3) is 5.91 Å². The van der Waals surface area contributed by atoms with E-state index >= 15 is 0 Å². The number of rotatable bonds is 4. The number of hydrogen-bond donors (Lipinski definition) is 2. The van der Waals surface area contributed by atoms with Gasteiger partial charge in [0.1, 0.15) is 16.6 Å². The molecule has 2 N–H and O–H groups in total. The molecule has 2 aliphatic rings. The number of amides is 1. The zero-order valence-corrected chi connectivity index (χ0v) is 11.9. The van der Waals surface area contributed by atoms with Crippen LogP contribution >= 0.6 is 0 Å². The zero-order chi connectivity index (χ0) is 16.1. The summed E-state index contributed by atoms with van der Waals surface area (Å²) in [5.41, 5.74) is -2.43. The molecule has 7 heteroatoms. The maximum atomic E-state index is 12.6. The van der Waals surface area contributed by atoms with Crippen LogP contribution in [0, 0.1) is 10.8 Å². The number of carbonyl (C=O) groups excluding carboxylic acids is 1. The summed E-state index contributed by atoms with van der Waals surface area (Å²) in [5, 5.41) is 18.7. The number of para-hydroxylation sites is 1. The van der Waals surface area contributed by atoms with Gasteiger partial charge in [0.2, 0.25) is 0 Å². The zero-order valence-electron chi connectivity index (χ0n) is 11.9. The van der Waals surface area contributed by atoms with Crippen molar-refractivity contribution < 1.29 is 29.3 Å². The lowest BCUT2D eigenvalue weighted by atomic mass is 9.97. The Morgan fingerprint density at radius 2 is 1.64 bits per heavy atom. The minimum absolute atomic E-state index is 0.0698. The predicted octanol–water partition coefficient (Wildman–Crippen LogP) is 0.697. The van der Waals surface area contributed by atoms with Crippen molar-refractivity contribution in [2.45, 2.75) is 6.42 Å². The van der Waals surface area contributed by atoms with Crippen molar-refractivity contribution in [3.05, 3.63) is 29.8 Å². The third kappa shape index (κ3) is 1.65. The van der Waals surface area contributed by atoms with Gasteiger partial charge in [0.05, 0.1) is 12.7 Å². The SMILES string of the molecule is COc1ccccc1C(=O)N1C[C@@]2(C(=O)O)C[C@@]2(C(=O)O)C1. The van der Waals surface area contributed by atoms with Gasteiger partial charge in [-0.15, -0.1) is 0 Å². The first-order valence-electron chi connectivity index (χ1n) is 6.77. The second-order valence-electron chi connectivity index (χ2n) is 5.81. The lowest BCUT2D eigenvalue weighted by molar-refractivity contribution is -0.151. The van der Waals surface area contributed by atoms with Gasteiger partial charge in [-0.2, -0.15) is 0 Å². The Labute approximate surface area is 126 Å². The number of carboxylic acids is 2. The molecule has 0 aromatic heterocycles. The molecule has 1 aromatic rings. The van der Waals surface area contributed by atoms with Crippen LogP contribution in [0.15, 0.2) is 24.3 Å². The van der Waals surface area contributed by atoms with Crippen LogP contribution in [0.3, 0.4) is 0 Å². The molecule has 1 aliphatic carbocycles. The van der Waals surface area contributed by atoms with Crippen molar-refractivity contribution in [1.82, 2.24) is 4.90 Å². The normalized spacial score (nSPS) is 28.9. The van der Waals surface area contributed by atoms with E-state index in [2.05, 4.69) is 0 Å². The minimum atomic E-state index is -1.36. The maximum Gasteiger partial charge on any atom is 0.312 e. The third-order valence-corrected chi connectivity index (χ3v) is 4.76. The summed E-state index contributed by atoms with van der Waals surface area (Å²) in [5.74, 6) is -2.36. The quantitative estimate of drug-likeness (QED) is 0.848. The highest BCUT2D eigenvalue weighted by Gasteiger charge is 2.81. The van der Waals surface area contributed by atoms with Crippen molar-refractivity contribution in [3.63, 3.8) is 0 Å². The summed E-state index contributed by atoms with van der Waals surface area (Å²) in [7, 11) is 1.44. The van der Waals surface area contributed by atoms with Crippen LogP contribution in [-0.2, 0) is 9.59 Å². The molecular formula is C15H15NO6. The first-order valence-corrected chi connectivity index (χ1v) is 6.77. The summed E-state index contributed by atoms with van der Waals surface area (Å²) < 4.78 is 5.13. The molecule has 7 nitrogen and oxygen atoms in total. The topological polar surface area (TPSA) is 104 Å². The number of hydrogen-bond acceptors (Lipinski definition) is 4. The number of piperidine rings is 1. The van der Waals surface area contributed by atoms with Crippen molar-refractivity contribution in [2.75, 3.05) is 20.2 Å². The minimum Gasteiger partial charge on any atom is -0.496 e. The largest absolute Gasteiger partial charge is 0.496 e. The fourth-order valence-electron chi connectivity index (χ4n) is 3.42. The molecule has 2 fully saturated rings. The maximum absolute atomic E-state index is 12.6. The Morgan fingerprint density at radius 1 is 1.09 bits per heavy atom. The number of methoxy groups -OCH3 is 1. The number of aliphatic carboxylic acids is 2. The van der Waals surface area contributed by atoms with Crippen LogP contribution in [0.5, 0.6) is 5.75 Å². The van der Waals surface area contributed by atoms with E-state index in [0.717, 1.165) is 0 Å². The van der Waals surface area contributed by atoms with E-state index in [-0.39, 0.29) is 19.5 Å². The van der Waals surface area contributed by atoms with E-state index in [4.69, 9.17) is 4.74 Å². The Kier molecular flexibility index (Phi) is 2.91. The molecule has 2 atom stereocenters. The van der Waals surface area contributed by atoms with E-state index in [1.54, 1.807) is 24.3 Å². The number of fused-ring (bicyclic) bond motifs is 1. The highest BCUT2D eigenvalue weighted by Crippen LogP contribution is 2.68. The summed E-state index contributed by atoms with van der Waals surface area (Å²) in [4.78, 5) is 36.8. The van der Waals surface area contributed by atoms with Crippen molar-refractivity contribution in [1.29, 1.82) is 0 Å². The summed E-state index contributed by atoms with van der Waals surface area (Å²) in [6.45, 7) is -0.184. The summed E-state index contributed by atoms with van der Waals surface area (Å²) in [6, 6.07) is 6.59. The monoisotopic (exact) mass is 305 g/mol. The summed E-state index contributed by atoms with van der Waals surface area (Å²) in [6.07, 6.45) is 0.0698. The molecular weight excluding hydrogens is 290 g/mol. The highest BCUT2D eigenvalue weighted by atomic mass is 16.5. The van der Waals surface area contributed by atoms with Crippen LogP contribution in [0.2, 0.25) is 0 Å². The van der Waals surface area contributed by atoms with Gasteiger partial charge < -0.3 is 19.8 Å².